The number of amides is 1. The molecule has 4 unspecified atom stereocenters. The molecule has 2 saturated carbocycles. The summed E-state index contributed by atoms with van der Waals surface area (Å²) in [5.41, 5.74) is 0.260. The highest BCUT2D eigenvalue weighted by molar-refractivity contribution is 5.85. The average Bonchev–Trinajstić information content (AvgIpc) is 3.36. The van der Waals surface area contributed by atoms with E-state index in [-0.39, 0.29) is 24.0 Å². The van der Waals surface area contributed by atoms with Crippen LogP contribution in [-0.4, -0.2) is 75.4 Å². The Morgan fingerprint density at radius 2 is 1.93 bits per heavy atom. The predicted molar refractivity (Wildman–Crippen MR) is 108 cm³/mol. The number of hydrogen-bond donors (Lipinski definition) is 2. The molecule has 158 valence electrons. The third-order valence-electron chi connectivity index (χ3n) is 7.22. The maximum Gasteiger partial charge on any atom is 0.243 e. The molecule has 1 spiro atoms. The van der Waals surface area contributed by atoms with E-state index in [1.807, 2.05) is 0 Å². The number of carbonyl (C=O) groups excluding carboxylic acids is 1. The van der Waals surface area contributed by atoms with E-state index >= 15 is 0 Å². The van der Waals surface area contributed by atoms with Gasteiger partial charge in [-0.2, -0.15) is 0 Å². The molecule has 0 aromatic heterocycles. The van der Waals surface area contributed by atoms with Crippen LogP contribution in [0.3, 0.4) is 0 Å². The normalized spacial score (nSPS) is 34.0. The van der Waals surface area contributed by atoms with Crippen LogP contribution in [0.5, 0.6) is 0 Å². The van der Waals surface area contributed by atoms with Crippen LogP contribution >= 0.6 is 0 Å². The van der Waals surface area contributed by atoms with Crippen LogP contribution < -0.4 is 10.6 Å². The summed E-state index contributed by atoms with van der Waals surface area (Å²) in [6.45, 7) is 2.63. The second-order valence-electron chi connectivity index (χ2n) is 9.13. The Morgan fingerprint density at radius 3 is 2.64 bits per heavy atom. The number of likely N-dealkylation sites (N-methyl/N-ethyl adjacent to an activating group) is 1. The molecule has 7 heteroatoms. The van der Waals surface area contributed by atoms with Gasteiger partial charge in [0.1, 0.15) is 6.54 Å². The third-order valence-corrected chi connectivity index (χ3v) is 7.22. The average molecular weight is 393 g/mol. The van der Waals surface area contributed by atoms with Gasteiger partial charge >= 0.3 is 0 Å². The Kier molecular flexibility index (Phi) is 6.11. The summed E-state index contributed by atoms with van der Waals surface area (Å²) in [6, 6.07) is 0.399. The van der Waals surface area contributed by atoms with Crippen molar-refractivity contribution in [1.29, 1.82) is 0 Å². The zero-order valence-corrected chi connectivity index (χ0v) is 17.4. The van der Waals surface area contributed by atoms with Crippen LogP contribution in [0.1, 0.15) is 51.4 Å². The third kappa shape index (κ3) is 3.88. The van der Waals surface area contributed by atoms with Crippen molar-refractivity contribution in [2.24, 2.45) is 16.3 Å². The van der Waals surface area contributed by atoms with Crippen LogP contribution in [-0.2, 0) is 14.3 Å². The fourth-order valence-corrected chi connectivity index (χ4v) is 5.67. The summed E-state index contributed by atoms with van der Waals surface area (Å²) in [4.78, 5) is 18.3. The minimum absolute atomic E-state index is 0.0151. The van der Waals surface area contributed by atoms with Crippen LogP contribution in [0, 0.1) is 11.3 Å². The van der Waals surface area contributed by atoms with Gasteiger partial charge < -0.3 is 25.0 Å². The Bertz CT molecular complexity index is 582. The van der Waals surface area contributed by atoms with Crippen molar-refractivity contribution in [3.8, 4) is 0 Å². The molecule has 1 amide bonds. The standard InChI is InChI=1S/C21H36N4O3/c1-25(2)17(26)14-23-20(22-13-15-7-3-6-11-27-15)24-18-16-8-12-28-19(16)21(18)9-4-5-10-21/h15-16,18-19H,3-14H2,1-2H3,(H2,22,23,24). The maximum atomic E-state index is 12.1. The van der Waals surface area contributed by atoms with Gasteiger partial charge in [-0.15, -0.1) is 0 Å². The van der Waals surface area contributed by atoms with Gasteiger partial charge in [-0.1, -0.05) is 12.8 Å². The second-order valence-corrected chi connectivity index (χ2v) is 9.13. The molecule has 4 rings (SSSR count). The highest BCUT2D eigenvalue weighted by Crippen LogP contribution is 2.60. The molecule has 28 heavy (non-hydrogen) atoms. The van der Waals surface area contributed by atoms with Gasteiger partial charge in [0.05, 0.1) is 12.2 Å². The van der Waals surface area contributed by atoms with Gasteiger partial charge in [-0.3, -0.25) is 4.79 Å². The lowest BCUT2D eigenvalue weighted by Gasteiger charge is -2.57. The summed E-state index contributed by atoms with van der Waals surface area (Å²) in [5.74, 6) is 1.34. The molecule has 4 aliphatic rings. The molecule has 2 aliphatic heterocycles. The molecule has 2 saturated heterocycles. The molecule has 2 N–H and O–H groups in total. The van der Waals surface area contributed by atoms with E-state index in [9.17, 15) is 4.79 Å². The van der Waals surface area contributed by atoms with Crippen LogP contribution in [0.2, 0.25) is 0 Å². The molecule has 0 aromatic carbocycles. The zero-order valence-electron chi connectivity index (χ0n) is 17.4. The Labute approximate surface area is 168 Å². The number of guanidine groups is 1. The first-order valence-corrected chi connectivity index (χ1v) is 11.1. The summed E-state index contributed by atoms with van der Waals surface area (Å²) in [5, 5.41) is 7.20. The van der Waals surface area contributed by atoms with Crippen molar-refractivity contribution >= 4 is 11.9 Å². The first kappa shape index (κ1) is 20.0. The Hall–Kier alpha value is -1.34. The quantitative estimate of drug-likeness (QED) is 0.548. The topological polar surface area (TPSA) is 75.2 Å². The van der Waals surface area contributed by atoms with E-state index in [4.69, 9.17) is 9.47 Å². The number of nitrogens with zero attached hydrogens (tertiary/aromatic N) is 2. The van der Waals surface area contributed by atoms with Gasteiger partial charge in [0.25, 0.3) is 0 Å². The largest absolute Gasteiger partial charge is 0.377 e. The number of fused-ring (bicyclic) bond motifs is 2. The molecular formula is C21H36N4O3. The van der Waals surface area contributed by atoms with E-state index in [0.717, 1.165) is 45.0 Å². The molecule has 2 aliphatic carbocycles. The number of rotatable bonds is 5. The van der Waals surface area contributed by atoms with Gasteiger partial charge in [0, 0.05) is 51.2 Å². The summed E-state index contributed by atoms with van der Waals surface area (Å²) < 4.78 is 12.0. The second kappa shape index (κ2) is 8.57. The molecule has 0 aromatic rings. The van der Waals surface area contributed by atoms with Gasteiger partial charge in [-0.25, -0.2) is 4.99 Å². The fourth-order valence-electron chi connectivity index (χ4n) is 5.67. The first-order valence-electron chi connectivity index (χ1n) is 11.1. The molecule has 4 atom stereocenters. The van der Waals surface area contributed by atoms with Crippen molar-refractivity contribution in [2.45, 2.75) is 69.6 Å². The molecule has 0 radical (unpaired) electrons. The smallest absolute Gasteiger partial charge is 0.243 e. The Balaban J connectivity index is 1.43. The van der Waals surface area contributed by atoms with Crippen LogP contribution in [0.4, 0.5) is 0 Å². The van der Waals surface area contributed by atoms with Crippen molar-refractivity contribution in [1.82, 2.24) is 15.5 Å². The number of ether oxygens (including phenoxy) is 2. The lowest BCUT2D eigenvalue weighted by molar-refractivity contribution is -0.127. The number of nitrogens with one attached hydrogen (secondary N) is 2. The van der Waals surface area contributed by atoms with E-state index in [1.165, 1.54) is 32.1 Å². The SMILES string of the molecule is CN(C)C(=O)CN=C(NCC1CCCCO1)NC1C2CCOC2C12CCCC2. The van der Waals surface area contributed by atoms with Crippen LogP contribution in [0.25, 0.3) is 0 Å². The van der Waals surface area contributed by atoms with Crippen molar-refractivity contribution in [3.63, 3.8) is 0 Å². The minimum atomic E-state index is 0.0151. The summed E-state index contributed by atoms with van der Waals surface area (Å²) >= 11 is 0. The zero-order chi connectivity index (χ0) is 19.6. The van der Waals surface area contributed by atoms with E-state index < -0.39 is 0 Å². The number of carbonyl (C=O) groups is 1. The summed E-state index contributed by atoms with van der Waals surface area (Å²) in [6.07, 6.45) is 10.3. The van der Waals surface area contributed by atoms with E-state index in [0.29, 0.717) is 18.1 Å². The molecule has 4 fully saturated rings. The number of aliphatic imine (C=N–C) groups is 1. The highest BCUT2D eigenvalue weighted by Gasteiger charge is 2.65. The van der Waals surface area contributed by atoms with Gasteiger partial charge in [0.2, 0.25) is 5.91 Å². The van der Waals surface area contributed by atoms with Gasteiger partial charge in [0.15, 0.2) is 5.96 Å². The first-order chi connectivity index (χ1) is 13.6. The fraction of sp³-hybridized carbons (Fsp3) is 0.905. The monoisotopic (exact) mass is 392 g/mol. The molecule has 2 heterocycles. The predicted octanol–water partition coefficient (Wildman–Crippen LogP) is 1.53. The molecule has 7 nitrogen and oxygen atoms in total. The maximum absolute atomic E-state index is 12.1. The van der Waals surface area contributed by atoms with Crippen LogP contribution in [0.15, 0.2) is 4.99 Å². The minimum Gasteiger partial charge on any atom is -0.377 e. The van der Waals surface area contributed by atoms with Gasteiger partial charge in [-0.05, 0) is 38.5 Å². The van der Waals surface area contributed by atoms with E-state index in [2.05, 4.69) is 15.6 Å². The highest BCUT2D eigenvalue weighted by atomic mass is 16.5. The lowest BCUT2D eigenvalue weighted by atomic mass is 9.54. The number of hydrogen-bond acceptors (Lipinski definition) is 4. The van der Waals surface area contributed by atoms with Crippen molar-refractivity contribution in [2.75, 3.05) is 40.4 Å². The van der Waals surface area contributed by atoms with Crippen molar-refractivity contribution < 1.29 is 14.3 Å². The Morgan fingerprint density at radius 1 is 1.11 bits per heavy atom. The van der Waals surface area contributed by atoms with Crippen molar-refractivity contribution in [3.05, 3.63) is 0 Å². The molecule has 0 bridgehead atoms. The summed E-state index contributed by atoms with van der Waals surface area (Å²) in [7, 11) is 3.54. The molecular weight excluding hydrogens is 356 g/mol. The lowest BCUT2D eigenvalue weighted by Crippen LogP contribution is -2.69. The van der Waals surface area contributed by atoms with E-state index in [1.54, 1.807) is 19.0 Å².